The maximum absolute atomic E-state index is 5.92. The standard InChI is InChI=1S/C15H25N3O/c1-13-4-5-15(14(16)12-13)19-11-3-6-18-9-7-17(2)8-10-18/h4-5,12H,3,6-11,16H2,1-2H3. The third kappa shape index (κ3) is 4.40. The van der Waals surface area contributed by atoms with E-state index in [1.807, 2.05) is 25.1 Å². The van der Waals surface area contributed by atoms with Gasteiger partial charge in [0.25, 0.3) is 0 Å². The van der Waals surface area contributed by atoms with Gasteiger partial charge < -0.3 is 20.3 Å². The van der Waals surface area contributed by atoms with Crippen molar-refractivity contribution < 1.29 is 4.74 Å². The minimum absolute atomic E-state index is 0.736. The summed E-state index contributed by atoms with van der Waals surface area (Å²) in [4.78, 5) is 4.88. The Labute approximate surface area is 116 Å². The number of ether oxygens (including phenoxy) is 1. The van der Waals surface area contributed by atoms with Gasteiger partial charge in [0, 0.05) is 32.7 Å². The fourth-order valence-corrected chi connectivity index (χ4v) is 2.34. The first-order chi connectivity index (χ1) is 9.15. The van der Waals surface area contributed by atoms with Gasteiger partial charge in [0.1, 0.15) is 5.75 Å². The molecule has 19 heavy (non-hydrogen) atoms. The molecule has 0 spiro atoms. The molecule has 2 N–H and O–H groups in total. The molecule has 106 valence electrons. The number of piperazine rings is 1. The highest BCUT2D eigenvalue weighted by molar-refractivity contribution is 5.53. The topological polar surface area (TPSA) is 41.7 Å². The molecule has 0 saturated carbocycles. The SMILES string of the molecule is Cc1ccc(OCCCN2CCN(C)CC2)c(N)c1. The lowest BCUT2D eigenvalue weighted by Crippen LogP contribution is -2.44. The van der Waals surface area contributed by atoms with E-state index in [2.05, 4.69) is 16.8 Å². The summed E-state index contributed by atoms with van der Waals surface area (Å²) in [5, 5.41) is 0. The van der Waals surface area contributed by atoms with Crippen molar-refractivity contribution in [2.75, 3.05) is 52.1 Å². The van der Waals surface area contributed by atoms with Crippen LogP contribution in [0.25, 0.3) is 0 Å². The third-order valence-electron chi connectivity index (χ3n) is 3.64. The van der Waals surface area contributed by atoms with Crippen molar-refractivity contribution in [1.82, 2.24) is 9.80 Å². The van der Waals surface area contributed by atoms with Gasteiger partial charge in [-0.05, 0) is 38.1 Å². The second-order valence-corrected chi connectivity index (χ2v) is 5.39. The van der Waals surface area contributed by atoms with Gasteiger partial charge in [-0.1, -0.05) is 6.07 Å². The molecule has 1 fully saturated rings. The van der Waals surface area contributed by atoms with Gasteiger partial charge in [0.05, 0.1) is 12.3 Å². The molecule has 1 heterocycles. The van der Waals surface area contributed by atoms with E-state index in [0.29, 0.717) is 0 Å². The molecule has 0 radical (unpaired) electrons. The van der Waals surface area contributed by atoms with Gasteiger partial charge in [-0.15, -0.1) is 0 Å². The Hall–Kier alpha value is -1.26. The van der Waals surface area contributed by atoms with Crippen molar-refractivity contribution in [2.45, 2.75) is 13.3 Å². The Kier molecular flexibility index (Phi) is 5.05. The van der Waals surface area contributed by atoms with E-state index >= 15 is 0 Å². The molecular formula is C15H25N3O. The molecule has 1 aromatic carbocycles. The first-order valence-corrected chi connectivity index (χ1v) is 7.05. The number of anilines is 1. The molecule has 0 amide bonds. The summed E-state index contributed by atoms with van der Waals surface area (Å²) in [7, 11) is 2.18. The predicted molar refractivity (Wildman–Crippen MR) is 79.6 cm³/mol. The quantitative estimate of drug-likeness (QED) is 0.647. The number of hydrogen-bond acceptors (Lipinski definition) is 4. The first-order valence-electron chi connectivity index (χ1n) is 7.05. The normalized spacial score (nSPS) is 17.6. The van der Waals surface area contributed by atoms with E-state index < -0.39 is 0 Å². The maximum Gasteiger partial charge on any atom is 0.142 e. The van der Waals surface area contributed by atoms with Crippen LogP contribution in [0.3, 0.4) is 0 Å². The van der Waals surface area contributed by atoms with Crippen molar-refractivity contribution in [3.63, 3.8) is 0 Å². The van der Waals surface area contributed by atoms with Crippen LogP contribution in [0.5, 0.6) is 5.75 Å². The number of hydrogen-bond donors (Lipinski definition) is 1. The molecule has 1 saturated heterocycles. The molecule has 0 aromatic heterocycles. The van der Waals surface area contributed by atoms with Crippen molar-refractivity contribution in [1.29, 1.82) is 0 Å². The first kappa shape index (κ1) is 14.2. The molecule has 1 aliphatic rings. The molecule has 1 aromatic rings. The van der Waals surface area contributed by atoms with Crippen LogP contribution in [0.15, 0.2) is 18.2 Å². The van der Waals surface area contributed by atoms with Crippen molar-refractivity contribution in [3.8, 4) is 5.75 Å². The molecular weight excluding hydrogens is 238 g/mol. The lowest BCUT2D eigenvalue weighted by atomic mass is 10.2. The minimum Gasteiger partial charge on any atom is -0.491 e. The smallest absolute Gasteiger partial charge is 0.142 e. The molecule has 0 bridgehead atoms. The Balaban J connectivity index is 1.66. The number of likely N-dealkylation sites (N-methyl/N-ethyl adjacent to an activating group) is 1. The number of rotatable bonds is 5. The van der Waals surface area contributed by atoms with E-state index in [1.54, 1.807) is 0 Å². The lowest BCUT2D eigenvalue weighted by Gasteiger charge is -2.32. The van der Waals surface area contributed by atoms with Gasteiger partial charge in [-0.25, -0.2) is 0 Å². The fourth-order valence-electron chi connectivity index (χ4n) is 2.34. The monoisotopic (exact) mass is 263 g/mol. The third-order valence-corrected chi connectivity index (χ3v) is 3.64. The van der Waals surface area contributed by atoms with Crippen molar-refractivity contribution in [2.24, 2.45) is 0 Å². The molecule has 4 heteroatoms. The van der Waals surface area contributed by atoms with Gasteiger partial charge in [-0.2, -0.15) is 0 Å². The Morgan fingerprint density at radius 3 is 2.63 bits per heavy atom. The zero-order valence-corrected chi connectivity index (χ0v) is 12.1. The van der Waals surface area contributed by atoms with Crippen LogP contribution in [0.4, 0.5) is 5.69 Å². The highest BCUT2D eigenvalue weighted by atomic mass is 16.5. The van der Waals surface area contributed by atoms with Crippen LogP contribution in [0.1, 0.15) is 12.0 Å². The molecule has 4 nitrogen and oxygen atoms in total. The van der Waals surface area contributed by atoms with Crippen LogP contribution in [0, 0.1) is 6.92 Å². The number of nitrogens with two attached hydrogens (primary N) is 1. The zero-order valence-electron chi connectivity index (χ0n) is 12.1. The van der Waals surface area contributed by atoms with E-state index in [0.717, 1.165) is 31.0 Å². The Morgan fingerprint density at radius 1 is 1.21 bits per heavy atom. The van der Waals surface area contributed by atoms with E-state index in [9.17, 15) is 0 Å². The number of nitrogens with zero attached hydrogens (tertiary/aromatic N) is 2. The second kappa shape index (κ2) is 6.78. The maximum atomic E-state index is 5.92. The summed E-state index contributed by atoms with van der Waals surface area (Å²) in [6, 6.07) is 5.95. The van der Waals surface area contributed by atoms with E-state index in [4.69, 9.17) is 10.5 Å². The Morgan fingerprint density at radius 2 is 1.95 bits per heavy atom. The largest absolute Gasteiger partial charge is 0.491 e. The molecule has 0 atom stereocenters. The predicted octanol–water partition coefficient (Wildman–Crippen LogP) is 1.59. The lowest BCUT2D eigenvalue weighted by molar-refractivity contribution is 0.145. The van der Waals surface area contributed by atoms with Gasteiger partial charge in [0.2, 0.25) is 0 Å². The molecule has 0 aliphatic carbocycles. The molecule has 2 rings (SSSR count). The highest BCUT2D eigenvalue weighted by Crippen LogP contribution is 2.22. The van der Waals surface area contributed by atoms with Crippen LogP contribution in [-0.4, -0.2) is 56.2 Å². The highest BCUT2D eigenvalue weighted by Gasteiger charge is 2.12. The summed E-state index contributed by atoms with van der Waals surface area (Å²) in [6.07, 6.45) is 1.05. The van der Waals surface area contributed by atoms with Crippen LogP contribution < -0.4 is 10.5 Å². The van der Waals surface area contributed by atoms with Crippen molar-refractivity contribution in [3.05, 3.63) is 23.8 Å². The zero-order chi connectivity index (χ0) is 13.7. The number of benzene rings is 1. The number of nitrogen functional groups attached to an aromatic ring is 1. The fraction of sp³-hybridized carbons (Fsp3) is 0.600. The van der Waals surface area contributed by atoms with E-state index in [1.165, 1.54) is 31.7 Å². The summed E-state index contributed by atoms with van der Waals surface area (Å²) in [5.41, 5.74) is 7.83. The van der Waals surface area contributed by atoms with Gasteiger partial charge in [-0.3, -0.25) is 0 Å². The minimum atomic E-state index is 0.736. The number of aryl methyl sites for hydroxylation is 1. The average molecular weight is 263 g/mol. The summed E-state index contributed by atoms with van der Waals surface area (Å²) >= 11 is 0. The van der Waals surface area contributed by atoms with Crippen LogP contribution in [-0.2, 0) is 0 Å². The van der Waals surface area contributed by atoms with E-state index in [-0.39, 0.29) is 0 Å². The molecule has 1 aliphatic heterocycles. The molecule has 0 unspecified atom stereocenters. The summed E-state index contributed by atoms with van der Waals surface area (Å²) in [5.74, 6) is 0.809. The summed E-state index contributed by atoms with van der Waals surface area (Å²) in [6.45, 7) is 8.57. The Bertz CT molecular complexity index is 400. The van der Waals surface area contributed by atoms with Crippen LogP contribution in [0.2, 0.25) is 0 Å². The van der Waals surface area contributed by atoms with Gasteiger partial charge >= 0.3 is 0 Å². The van der Waals surface area contributed by atoms with Gasteiger partial charge in [0.15, 0.2) is 0 Å². The second-order valence-electron chi connectivity index (χ2n) is 5.39. The average Bonchev–Trinajstić information content (AvgIpc) is 2.39. The van der Waals surface area contributed by atoms with Crippen LogP contribution >= 0.6 is 0 Å². The summed E-state index contributed by atoms with van der Waals surface area (Å²) < 4.78 is 5.74. The van der Waals surface area contributed by atoms with Crippen molar-refractivity contribution >= 4 is 5.69 Å².